The monoisotopic (exact) mass is 531 g/mol. The van der Waals surface area contributed by atoms with Crippen LogP contribution in [-0.4, -0.2) is 4.98 Å². The second kappa shape index (κ2) is 13.9. The second-order valence-corrected chi connectivity index (χ2v) is 9.50. The fraction of sp³-hybridized carbons (Fsp3) is 0.0750. The molecule has 1 aromatic heterocycles. The lowest BCUT2D eigenvalue weighted by atomic mass is 9.93. The molecule has 0 saturated carbocycles. The molecule has 0 saturated heterocycles. The molecule has 0 unspecified atom stereocenters. The third-order valence-electron chi connectivity index (χ3n) is 6.87. The minimum Gasteiger partial charge on any atom is -0.248 e. The van der Waals surface area contributed by atoms with Gasteiger partial charge >= 0.3 is 0 Å². The SMILES string of the molecule is C=C(/C=C\C)C(=C)C(=C)c1ccc(-c2ccc(-c3cc(-c4ccccc4)nc(-c4ccccc4)c3)cc2)cc1.CC. The van der Waals surface area contributed by atoms with Crippen LogP contribution in [0.4, 0.5) is 0 Å². The van der Waals surface area contributed by atoms with E-state index in [0.29, 0.717) is 0 Å². The summed E-state index contributed by atoms with van der Waals surface area (Å²) in [5, 5.41) is 0. The smallest absolute Gasteiger partial charge is 0.0715 e. The van der Waals surface area contributed by atoms with Crippen molar-refractivity contribution in [3.05, 3.63) is 170 Å². The van der Waals surface area contributed by atoms with Gasteiger partial charge in [0.2, 0.25) is 0 Å². The summed E-state index contributed by atoms with van der Waals surface area (Å²) >= 11 is 0. The molecule has 41 heavy (non-hydrogen) atoms. The van der Waals surface area contributed by atoms with Crippen LogP contribution in [0, 0.1) is 0 Å². The van der Waals surface area contributed by atoms with E-state index in [4.69, 9.17) is 4.98 Å². The van der Waals surface area contributed by atoms with Crippen molar-refractivity contribution in [2.24, 2.45) is 0 Å². The number of hydrogen-bond donors (Lipinski definition) is 0. The lowest BCUT2D eigenvalue weighted by molar-refractivity contribution is 1.32. The van der Waals surface area contributed by atoms with Crippen molar-refractivity contribution in [3.63, 3.8) is 0 Å². The minimum absolute atomic E-state index is 0.854. The minimum atomic E-state index is 0.854. The lowest BCUT2D eigenvalue weighted by Crippen LogP contribution is -1.91. The number of hydrogen-bond acceptors (Lipinski definition) is 1. The van der Waals surface area contributed by atoms with Crippen LogP contribution in [0.5, 0.6) is 0 Å². The Kier molecular flexibility index (Phi) is 9.80. The molecule has 0 N–H and O–H groups in total. The Morgan fingerprint density at radius 3 is 1.39 bits per heavy atom. The number of benzene rings is 4. The molecule has 5 rings (SSSR count). The van der Waals surface area contributed by atoms with Crippen molar-refractivity contribution in [2.45, 2.75) is 20.8 Å². The van der Waals surface area contributed by atoms with Gasteiger partial charge in [-0.3, -0.25) is 0 Å². The zero-order valence-electron chi connectivity index (χ0n) is 24.3. The van der Waals surface area contributed by atoms with Crippen molar-refractivity contribution < 1.29 is 0 Å². The number of allylic oxidation sites excluding steroid dienone is 5. The summed E-state index contributed by atoms with van der Waals surface area (Å²) in [4.78, 5) is 5.00. The van der Waals surface area contributed by atoms with E-state index in [0.717, 1.165) is 67.1 Å². The van der Waals surface area contributed by atoms with E-state index in [1.165, 1.54) is 0 Å². The van der Waals surface area contributed by atoms with E-state index in [1.807, 2.05) is 45.1 Å². The van der Waals surface area contributed by atoms with Crippen LogP contribution >= 0.6 is 0 Å². The summed E-state index contributed by atoms with van der Waals surface area (Å²) in [6.07, 6.45) is 3.92. The van der Waals surface area contributed by atoms with Crippen molar-refractivity contribution in [3.8, 4) is 44.8 Å². The zero-order chi connectivity index (χ0) is 29.2. The molecule has 0 bridgehead atoms. The zero-order valence-corrected chi connectivity index (χ0v) is 24.3. The van der Waals surface area contributed by atoms with Gasteiger partial charge in [0, 0.05) is 11.1 Å². The highest BCUT2D eigenvalue weighted by Gasteiger charge is 2.10. The van der Waals surface area contributed by atoms with Crippen LogP contribution in [0.15, 0.2) is 164 Å². The van der Waals surface area contributed by atoms with Gasteiger partial charge in [-0.05, 0) is 63.6 Å². The van der Waals surface area contributed by atoms with Crippen LogP contribution < -0.4 is 0 Å². The first kappa shape index (κ1) is 29.0. The van der Waals surface area contributed by atoms with Gasteiger partial charge in [0.05, 0.1) is 11.4 Å². The molecule has 0 aliphatic heterocycles. The topological polar surface area (TPSA) is 12.9 Å². The van der Waals surface area contributed by atoms with Gasteiger partial charge in [-0.25, -0.2) is 4.98 Å². The number of nitrogens with zero attached hydrogens (tertiary/aromatic N) is 1. The second-order valence-electron chi connectivity index (χ2n) is 9.50. The summed E-state index contributed by atoms with van der Waals surface area (Å²) in [5.74, 6) is 0. The first-order valence-electron chi connectivity index (χ1n) is 14.1. The van der Waals surface area contributed by atoms with Gasteiger partial charge in [0.15, 0.2) is 0 Å². The molecule has 0 amide bonds. The number of pyridine rings is 1. The maximum Gasteiger partial charge on any atom is 0.0715 e. The van der Waals surface area contributed by atoms with Crippen LogP contribution in [0.25, 0.3) is 50.3 Å². The van der Waals surface area contributed by atoms with Gasteiger partial charge in [0.25, 0.3) is 0 Å². The van der Waals surface area contributed by atoms with Crippen molar-refractivity contribution in [1.29, 1.82) is 0 Å². The largest absolute Gasteiger partial charge is 0.248 e. The molecule has 0 spiro atoms. The quantitative estimate of drug-likeness (QED) is 0.181. The summed E-state index contributed by atoms with van der Waals surface area (Å²) in [7, 11) is 0. The average Bonchev–Trinajstić information content (AvgIpc) is 3.06. The van der Waals surface area contributed by atoms with Gasteiger partial charge in [-0.2, -0.15) is 0 Å². The third kappa shape index (κ3) is 6.96. The first-order chi connectivity index (χ1) is 20.0. The normalized spacial score (nSPS) is 10.5. The molecule has 0 aliphatic rings. The Hall–Kier alpha value is -5.01. The van der Waals surface area contributed by atoms with E-state index in [2.05, 4.69) is 129 Å². The van der Waals surface area contributed by atoms with Crippen LogP contribution in [0.1, 0.15) is 26.3 Å². The third-order valence-corrected chi connectivity index (χ3v) is 6.87. The molecular formula is C40H37N. The Morgan fingerprint density at radius 2 is 0.951 bits per heavy atom. The van der Waals surface area contributed by atoms with E-state index < -0.39 is 0 Å². The predicted octanol–water partition coefficient (Wildman–Crippen LogP) is 11.5. The molecule has 0 fully saturated rings. The van der Waals surface area contributed by atoms with Crippen molar-refractivity contribution in [2.75, 3.05) is 0 Å². The summed E-state index contributed by atoms with van der Waals surface area (Å²) in [6, 6.07) is 42.2. The molecule has 0 atom stereocenters. The molecule has 1 heterocycles. The lowest BCUT2D eigenvalue weighted by Gasteiger charge is -2.12. The Morgan fingerprint density at radius 1 is 0.537 bits per heavy atom. The maximum absolute atomic E-state index is 5.00. The van der Waals surface area contributed by atoms with Crippen molar-refractivity contribution in [1.82, 2.24) is 4.98 Å². The average molecular weight is 532 g/mol. The van der Waals surface area contributed by atoms with Gasteiger partial charge in [0.1, 0.15) is 0 Å². The molecule has 1 nitrogen and oxygen atoms in total. The van der Waals surface area contributed by atoms with E-state index in [-0.39, 0.29) is 0 Å². The molecule has 0 aliphatic carbocycles. The number of aromatic nitrogens is 1. The molecule has 4 aromatic carbocycles. The summed E-state index contributed by atoms with van der Waals surface area (Å²) in [6.45, 7) is 18.5. The molecule has 1 heteroatoms. The van der Waals surface area contributed by atoms with E-state index >= 15 is 0 Å². The fourth-order valence-corrected chi connectivity index (χ4v) is 4.60. The Labute approximate surface area is 245 Å². The Balaban J connectivity index is 0.00000189. The van der Waals surface area contributed by atoms with Gasteiger partial charge in [-0.1, -0.05) is 155 Å². The number of rotatable bonds is 8. The van der Waals surface area contributed by atoms with E-state index in [1.54, 1.807) is 0 Å². The molecule has 0 radical (unpaired) electrons. The Bertz CT molecular complexity index is 1600. The molecule has 202 valence electrons. The molecule has 5 aromatic rings. The van der Waals surface area contributed by atoms with Crippen LogP contribution in [0.3, 0.4) is 0 Å². The first-order valence-corrected chi connectivity index (χ1v) is 14.1. The molecular weight excluding hydrogens is 494 g/mol. The van der Waals surface area contributed by atoms with Crippen molar-refractivity contribution >= 4 is 5.57 Å². The highest BCUT2D eigenvalue weighted by Crippen LogP contribution is 2.32. The van der Waals surface area contributed by atoms with E-state index in [9.17, 15) is 0 Å². The standard InChI is InChI=1S/C38H31N.C2H6/c1-5-12-27(2)28(3)29(4)30-17-19-31(20-18-30)32-21-23-33(24-22-32)36-25-37(34-13-8-6-9-14-34)39-38(26-36)35-15-10-7-11-16-35;1-2/h5-26H,2-4H2,1H3;1-2H3/b12-5-;. The van der Waals surface area contributed by atoms with Gasteiger partial charge < -0.3 is 0 Å². The van der Waals surface area contributed by atoms with Crippen LogP contribution in [-0.2, 0) is 0 Å². The maximum atomic E-state index is 5.00. The van der Waals surface area contributed by atoms with Gasteiger partial charge in [-0.15, -0.1) is 0 Å². The summed E-state index contributed by atoms with van der Waals surface area (Å²) < 4.78 is 0. The highest BCUT2D eigenvalue weighted by atomic mass is 14.7. The fourth-order valence-electron chi connectivity index (χ4n) is 4.60. The van der Waals surface area contributed by atoms with Crippen LogP contribution in [0.2, 0.25) is 0 Å². The highest BCUT2D eigenvalue weighted by molar-refractivity contribution is 5.83. The predicted molar refractivity (Wildman–Crippen MR) is 179 cm³/mol. The summed E-state index contributed by atoms with van der Waals surface area (Å²) in [5.41, 5.74) is 12.4.